The Hall–Kier alpha value is -2.02. The van der Waals surface area contributed by atoms with Gasteiger partial charge < -0.3 is 15.5 Å². The van der Waals surface area contributed by atoms with Crippen molar-refractivity contribution in [2.24, 2.45) is 5.92 Å². The summed E-state index contributed by atoms with van der Waals surface area (Å²) in [6.45, 7) is 8.11. The van der Waals surface area contributed by atoms with Crippen LogP contribution in [0.3, 0.4) is 0 Å². The average Bonchev–Trinajstić information content (AvgIpc) is 3.37. The number of amides is 3. The first-order valence-corrected chi connectivity index (χ1v) is 12.3. The first-order valence-electron chi connectivity index (χ1n) is 11.4. The van der Waals surface area contributed by atoms with Crippen molar-refractivity contribution in [2.45, 2.75) is 88.0 Å². The molecule has 2 fully saturated rings. The van der Waals surface area contributed by atoms with Gasteiger partial charge in [0.1, 0.15) is 17.5 Å². The van der Waals surface area contributed by atoms with Crippen molar-refractivity contribution >= 4 is 29.5 Å². The van der Waals surface area contributed by atoms with Gasteiger partial charge in [0.25, 0.3) is 5.91 Å². The van der Waals surface area contributed by atoms with E-state index >= 15 is 0 Å². The third-order valence-corrected chi connectivity index (χ3v) is 8.12. The van der Waals surface area contributed by atoms with Gasteiger partial charge in [0, 0.05) is 16.4 Å². The standard InChI is InChI=1S/C24H33N3O3S/c1-14(2)13-18(20(28)25-15-9-5-6-10-15)26-21(29)19-24(3,4)31-23-17-12-8-7-11-16(17)22(30)27(19)23/h7-8,11-12,14-15,18-19,23H,5-6,9-10,13H2,1-4H3,(H,25,28)(H,26,29)/t18-,19+,23?/m0/s1. The van der Waals surface area contributed by atoms with E-state index in [-0.39, 0.29) is 35.1 Å². The zero-order valence-corrected chi connectivity index (χ0v) is 19.6. The summed E-state index contributed by atoms with van der Waals surface area (Å²) in [7, 11) is 0. The highest BCUT2D eigenvalue weighted by Gasteiger charge is 2.57. The molecule has 1 aromatic carbocycles. The van der Waals surface area contributed by atoms with Crippen LogP contribution in [-0.2, 0) is 9.59 Å². The number of benzene rings is 1. The Morgan fingerprint density at radius 3 is 2.55 bits per heavy atom. The molecule has 1 aromatic rings. The third kappa shape index (κ3) is 4.21. The maximum absolute atomic E-state index is 13.5. The maximum Gasteiger partial charge on any atom is 0.256 e. The predicted octanol–water partition coefficient (Wildman–Crippen LogP) is 3.62. The number of carbonyl (C=O) groups is 3. The van der Waals surface area contributed by atoms with Crippen molar-refractivity contribution < 1.29 is 14.4 Å². The lowest BCUT2D eigenvalue weighted by atomic mass is 9.98. The smallest absolute Gasteiger partial charge is 0.256 e. The van der Waals surface area contributed by atoms with Crippen LogP contribution >= 0.6 is 11.8 Å². The molecule has 2 aliphatic heterocycles. The van der Waals surface area contributed by atoms with E-state index in [1.54, 1.807) is 16.7 Å². The first kappa shape index (κ1) is 22.2. The van der Waals surface area contributed by atoms with Gasteiger partial charge in [0.2, 0.25) is 11.8 Å². The van der Waals surface area contributed by atoms with Crippen LogP contribution in [0.1, 0.15) is 81.1 Å². The monoisotopic (exact) mass is 443 g/mol. The molecule has 0 bridgehead atoms. The van der Waals surface area contributed by atoms with Crippen LogP contribution in [0.25, 0.3) is 0 Å². The number of rotatable bonds is 6. The zero-order chi connectivity index (χ0) is 22.3. The summed E-state index contributed by atoms with van der Waals surface area (Å²) in [4.78, 5) is 41.4. The number of nitrogens with one attached hydrogen (secondary N) is 2. The van der Waals surface area contributed by atoms with Gasteiger partial charge in [0.15, 0.2) is 0 Å². The molecule has 168 valence electrons. The number of hydrogen-bond donors (Lipinski definition) is 2. The van der Waals surface area contributed by atoms with Gasteiger partial charge in [-0.15, -0.1) is 11.8 Å². The Morgan fingerprint density at radius 2 is 1.87 bits per heavy atom. The number of thioether (sulfide) groups is 1. The predicted molar refractivity (Wildman–Crippen MR) is 123 cm³/mol. The van der Waals surface area contributed by atoms with Crippen LogP contribution in [0.2, 0.25) is 0 Å². The highest BCUT2D eigenvalue weighted by molar-refractivity contribution is 8.01. The van der Waals surface area contributed by atoms with E-state index in [4.69, 9.17) is 0 Å². The molecule has 1 saturated carbocycles. The van der Waals surface area contributed by atoms with E-state index in [1.807, 2.05) is 52.0 Å². The largest absolute Gasteiger partial charge is 0.352 e. The fraction of sp³-hybridized carbons (Fsp3) is 0.625. The lowest BCUT2D eigenvalue weighted by molar-refractivity contribution is -0.132. The van der Waals surface area contributed by atoms with E-state index < -0.39 is 16.8 Å². The molecule has 4 rings (SSSR count). The van der Waals surface area contributed by atoms with Crippen LogP contribution in [0.15, 0.2) is 24.3 Å². The Kier molecular flexibility index (Phi) is 6.08. The molecule has 0 aromatic heterocycles. The second-order valence-corrected chi connectivity index (χ2v) is 11.7. The lowest BCUT2D eigenvalue weighted by Gasteiger charge is -2.31. The molecular formula is C24H33N3O3S. The van der Waals surface area contributed by atoms with E-state index in [1.165, 1.54) is 0 Å². The Balaban J connectivity index is 1.54. The summed E-state index contributed by atoms with van der Waals surface area (Å²) < 4.78 is -0.456. The average molecular weight is 444 g/mol. The molecule has 1 saturated heterocycles. The summed E-state index contributed by atoms with van der Waals surface area (Å²) in [5.41, 5.74) is 1.64. The first-order chi connectivity index (χ1) is 14.7. The number of nitrogens with zero attached hydrogens (tertiary/aromatic N) is 1. The zero-order valence-electron chi connectivity index (χ0n) is 18.8. The summed E-state index contributed by atoms with van der Waals surface area (Å²) in [6, 6.07) is 6.58. The summed E-state index contributed by atoms with van der Waals surface area (Å²) in [5.74, 6) is -0.191. The summed E-state index contributed by atoms with van der Waals surface area (Å²) >= 11 is 1.64. The molecule has 7 heteroatoms. The molecule has 2 N–H and O–H groups in total. The molecule has 3 aliphatic rings. The van der Waals surface area contributed by atoms with Crippen molar-refractivity contribution in [3.63, 3.8) is 0 Å². The van der Waals surface area contributed by atoms with Crippen LogP contribution < -0.4 is 10.6 Å². The molecule has 6 nitrogen and oxygen atoms in total. The third-order valence-electron chi connectivity index (χ3n) is 6.59. The SMILES string of the molecule is CC(C)C[C@H](NC(=O)[C@H]1N2C(=O)c3ccccc3C2SC1(C)C)C(=O)NC1CCCC1. The Labute approximate surface area is 188 Å². The Bertz CT molecular complexity index is 879. The molecule has 31 heavy (non-hydrogen) atoms. The molecule has 1 aliphatic carbocycles. The van der Waals surface area contributed by atoms with Crippen LogP contribution in [0.4, 0.5) is 0 Å². The van der Waals surface area contributed by atoms with Gasteiger partial charge in [-0.3, -0.25) is 14.4 Å². The quantitative estimate of drug-likeness (QED) is 0.704. The molecule has 2 heterocycles. The van der Waals surface area contributed by atoms with Crippen LogP contribution in [0.5, 0.6) is 0 Å². The maximum atomic E-state index is 13.5. The second kappa shape index (κ2) is 8.49. The fourth-order valence-corrected chi connectivity index (χ4v) is 6.72. The highest BCUT2D eigenvalue weighted by Crippen LogP contribution is 2.56. The topological polar surface area (TPSA) is 78.5 Å². The van der Waals surface area contributed by atoms with Gasteiger partial charge in [-0.2, -0.15) is 0 Å². The number of hydrogen-bond acceptors (Lipinski definition) is 4. The number of carbonyl (C=O) groups excluding carboxylic acids is 3. The van der Waals surface area contributed by atoms with E-state index in [0.717, 1.165) is 31.2 Å². The lowest BCUT2D eigenvalue weighted by Crippen LogP contribution is -2.57. The van der Waals surface area contributed by atoms with Crippen molar-refractivity contribution in [1.29, 1.82) is 0 Å². The molecular weight excluding hydrogens is 410 g/mol. The van der Waals surface area contributed by atoms with Gasteiger partial charge in [-0.05, 0) is 50.7 Å². The minimum absolute atomic E-state index is 0.102. The molecule has 1 unspecified atom stereocenters. The molecule has 3 atom stereocenters. The van der Waals surface area contributed by atoms with Gasteiger partial charge in [-0.1, -0.05) is 44.9 Å². The van der Waals surface area contributed by atoms with Crippen molar-refractivity contribution in [2.75, 3.05) is 0 Å². The second-order valence-electron chi connectivity index (χ2n) is 9.96. The Morgan fingerprint density at radius 1 is 1.19 bits per heavy atom. The molecule has 3 amide bonds. The van der Waals surface area contributed by atoms with E-state index in [2.05, 4.69) is 10.6 Å². The van der Waals surface area contributed by atoms with Gasteiger partial charge >= 0.3 is 0 Å². The minimum Gasteiger partial charge on any atom is -0.352 e. The van der Waals surface area contributed by atoms with E-state index in [0.29, 0.717) is 12.0 Å². The molecule has 0 spiro atoms. The molecule has 0 radical (unpaired) electrons. The highest BCUT2D eigenvalue weighted by atomic mass is 32.2. The normalized spacial score (nSPS) is 25.5. The minimum atomic E-state index is -0.628. The van der Waals surface area contributed by atoms with Crippen LogP contribution in [-0.4, -0.2) is 45.5 Å². The van der Waals surface area contributed by atoms with Crippen molar-refractivity contribution in [3.05, 3.63) is 35.4 Å². The van der Waals surface area contributed by atoms with Gasteiger partial charge in [0.05, 0.1) is 0 Å². The number of fused-ring (bicyclic) bond motifs is 3. The fourth-order valence-electron chi connectivity index (χ4n) is 5.13. The summed E-state index contributed by atoms with van der Waals surface area (Å²) in [6.07, 6.45) is 4.85. The summed E-state index contributed by atoms with van der Waals surface area (Å²) in [5, 5.41) is 5.99. The van der Waals surface area contributed by atoms with Crippen LogP contribution in [0, 0.1) is 5.92 Å². The van der Waals surface area contributed by atoms with Gasteiger partial charge in [-0.25, -0.2) is 0 Å². The van der Waals surface area contributed by atoms with Crippen molar-refractivity contribution in [3.8, 4) is 0 Å². The van der Waals surface area contributed by atoms with E-state index in [9.17, 15) is 14.4 Å². The van der Waals surface area contributed by atoms with Crippen molar-refractivity contribution in [1.82, 2.24) is 15.5 Å².